The van der Waals surface area contributed by atoms with Gasteiger partial charge < -0.3 is 10.6 Å². The van der Waals surface area contributed by atoms with E-state index in [2.05, 4.69) is 48.0 Å². The smallest absolute Gasteiger partial charge is 0.141 e. The van der Waals surface area contributed by atoms with Crippen LogP contribution < -0.4 is 10.6 Å². The summed E-state index contributed by atoms with van der Waals surface area (Å²) in [7, 11) is 0. The van der Waals surface area contributed by atoms with Gasteiger partial charge in [0.2, 0.25) is 0 Å². The van der Waals surface area contributed by atoms with Crippen LogP contribution in [0.1, 0.15) is 30.6 Å². The number of rotatable bonds is 6. The predicted molar refractivity (Wildman–Crippen MR) is 84.8 cm³/mol. The standard InChI is InChI=1S/C17H22FN3/c1-3-21(15-7-4-13(2)5-8-15)11-10-16(19)17-9-6-14(18)12-20-17/h4-9,12,16H,3,10-11,19H2,1-2H3. The van der Waals surface area contributed by atoms with Crippen LogP contribution in [0.3, 0.4) is 0 Å². The number of nitrogens with zero attached hydrogens (tertiary/aromatic N) is 2. The molecule has 0 amide bonds. The topological polar surface area (TPSA) is 42.1 Å². The van der Waals surface area contributed by atoms with Crippen LogP contribution >= 0.6 is 0 Å². The maximum absolute atomic E-state index is 12.9. The van der Waals surface area contributed by atoms with Crippen molar-refractivity contribution in [3.05, 3.63) is 59.7 Å². The first-order valence-corrected chi connectivity index (χ1v) is 7.28. The molecule has 0 aliphatic rings. The van der Waals surface area contributed by atoms with Gasteiger partial charge in [0.15, 0.2) is 0 Å². The molecule has 1 aromatic heterocycles. The highest BCUT2D eigenvalue weighted by atomic mass is 19.1. The molecule has 3 nitrogen and oxygen atoms in total. The third kappa shape index (κ3) is 4.26. The summed E-state index contributed by atoms with van der Waals surface area (Å²) in [5.41, 5.74) is 9.32. The third-order valence-electron chi connectivity index (χ3n) is 3.62. The first kappa shape index (κ1) is 15.4. The fourth-order valence-electron chi connectivity index (χ4n) is 2.27. The maximum Gasteiger partial charge on any atom is 0.141 e. The number of halogens is 1. The summed E-state index contributed by atoms with van der Waals surface area (Å²) in [4.78, 5) is 6.33. The van der Waals surface area contributed by atoms with Crippen LogP contribution in [0.5, 0.6) is 0 Å². The van der Waals surface area contributed by atoms with E-state index in [1.807, 2.05) is 0 Å². The van der Waals surface area contributed by atoms with Crippen LogP contribution in [0.2, 0.25) is 0 Å². The lowest BCUT2D eigenvalue weighted by Crippen LogP contribution is -2.27. The van der Waals surface area contributed by atoms with E-state index in [1.165, 1.54) is 23.5 Å². The van der Waals surface area contributed by atoms with E-state index in [0.29, 0.717) is 0 Å². The lowest BCUT2D eigenvalue weighted by atomic mass is 10.1. The molecule has 2 aromatic rings. The highest BCUT2D eigenvalue weighted by molar-refractivity contribution is 5.47. The van der Waals surface area contributed by atoms with Gasteiger partial charge in [0.05, 0.1) is 11.9 Å². The van der Waals surface area contributed by atoms with Gasteiger partial charge in [0.1, 0.15) is 5.82 Å². The maximum atomic E-state index is 12.9. The van der Waals surface area contributed by atoms with Crippen LogP contribution in [0, 0.1) is 12.7 Å². The molecule has 4 heteroatoms. The van der Waals surface area contributed by atoms with Crippen molar-refractivity contribution in [2.24, 2.45) is 5.73 Å². The number of benzene rings is 1. The Kier molecular flexibility index (Phi) is 5.28. The van der Waals surface area contributed by atoms with E-state index in [4.69, 9.17) is 5.73 Å². The molecule has 0 fully saturated rings. The average molecular weight is 287 g/mol. The molecule has 21 heavy (non-hydrogen) atoms. The monoisotopic (exact) mass is 287 g/mol. The summed E-state index contributed by atoms with van der Waals surface area (Å²) >= 11 is 0. The van der Waals surface area contributed by atoms with E-state index in [1.54, 1.807) is 6.07 Å². The second kappa shape index (κ2) is 7.18. The van der Waals surface area contributed by atoms with Crippen LogP contribution in [0.25, 0.3) is 0 Å². The highest BCUT2D eigenvalue weighted by Crippen LogP contribution is 2.18. The lowest BCUT2D eigenvalue weighted by Gasteiger charge is -2.24. The van der Waals surface area contributed by atoms with Crippen molar-refractivity contribution >= 4 is 5.69 Å². The Hall–Kier alpha value is -1.94. The summed E-state index contributed by atoms with van der Waals surface area (Å²) in [5.74, 6) is -0.333. The summed E-state index contributed by atoms with van der Waals surface area (Å²) in [5, 5.41) is 0. The Morgan fingerprint density at radius 1 is 1.19 bits per heavy atom. The summed E-state index contributed by atoms with van der Waals surface area (Å²) in [6.45, 7) is 5.98. The molecule has 1 unspecified atom stereocenters. The first-order valence-electron chi connectivity index (χ1n) is 7.28. The molecule has 1 aromatic carbocycles. The molecule has 0 radical (unpaired) electrons. The normalized spacial score (nSPS) is 12.2. The van der Waals surface area contributed by atoms with E-state index in [-0.39, 0.29) is 11.9 Å². The Morgan fingerprint density at radius 3 is 2.48 bits per heavy atom. The van der Waals surface area contributed by atoms with E-state index < -0.39 is 0 Å². The number of aromatic nitrogens is 1. The van der Waals surface area contributed by atoms with Crippen LogP contribution in [0.4, 0.5) is 10.1 Å². The fraction of sp³-hybridized carbons (Fsp3) is 0.353. The zero-order valence-corrected chi connectivity index (χ0v) is 12.6. The zero-order chi connectivity index (χ0) is 15.2. The van der Waals surface area contributed by atoms with Crippen molar-refractivity contribution in [1.82, 2.24) is 4.98 Å². The van der Waals surface area contributed by atoms with Gasteiger partial charge in [0.25, 0.3) is 0 Å². The SMILES string of the molecule is CCN(CCC(N)c1ccc(F)cn1)c1ccc(C)cc1. The highest BCUT2D eigenvalue weighted by Gasteiger charge is 2.11. The van der Waals surface area contributed by atoms with Gasteiger partial charge in [-0.3, -0.25) is 4.98 Å². The van der Waals surface area contributed by atoms with Crippen molar-refractivity contribution in [1.29, 1.82) is 0 Å². The largest absolute Gasteiger partial charge is 0.372 e. The van der Waals surface area contributed by atoms with Crippen LogP contribution in [-0.2, 0) is 0 Å². The number of hydrogen-bond donors (Lipinski definition) is 1. The number of pyridine rings is 1. The van der Waals surface area contributed by atoms with Crippen molar-refractivity contribution in [2.45, 2.75) is 26.3 Å². The lowest BCUT2D eigenvalue weighted by molar-refractivity contribution is 0.596. The molecular formula is C17H22FN3. The molecule has 0 aliphatic carbocycles. The fourth-order valence-corrected chi connectivity index (χ4v) is 2.27. The number of aryl methyl sites for hydroxylation is 1. The van der Waals surface area contributed by atoms with Crippen LogP contribution in [-0.4, -0.2) is 18.1 Å². The van der Waals surface area contributed by atoms with E-state index >= 15 is 0 Å². The Balaban J connectivity index is 1.96. The summed E-state index contributed by atoms with van der Waals surface area (Å²) < 4.78 is 12.9. The van der Waals surface area contributed by atoms with Crippen LogP contribution in [0.15, 0.2) is 42.6 Å². The Morgan fingerprint density at radius 2 is 1.90 bits per heavy atom. The van der Waals surface area contributed by atoms with Gasteiger partial charge >= 0.3 is 0 Å². The second-order valence-corrected chi connectivity index (χ2v) is 5.21. The predicted octanol–water partition coefficient (Wildman–Crippen LogP) is 3.45. The molecule has 1 atom stereocenters. The molecule has 0 bridgehead atoms. The van der Waals surface area contributed by atoms with Gasteiger partial charge in [-0.25, -0.2) is 4.39 Å². The van der Waals surface area contributed by atoms with Gasteiger partial charge in [-0.2, -0.15) is 0 Å². The van der Waals surface area contributed by atoms with Crippen molar-refractivity contribution in [3.63, 3.8) is 0 Å². The summed E-state index contributed by atoms with van der Waals surface area (Å²) in [6.07, 6.45) is 1.99. The Labute approximate surface area is 125 Å². The molecule has 0 saturated carbocycles. The van der Waals surface area contributed by atoms with Gasteiger partial charge in [0, 0.05) is 24.8 Å². The molecular weight excluding hydrogens is 265 g/mol. The van der Waals surface area contributed by atoms with E-state index in [0.717, 1.165) is 25.2 Å². The van der Waals surface area contributed by atoms with Gasteiger partial charge in [-0.05, 0) is 44.5 Å². The zero-order valence-electron chi connectivity index (χ0n) is 12.6. The van der Waals surface area contributed by atoms with Crippen molar-refractivity contribution in [3.8, 4) is 0 Å². The number of hydrogen-bond acceptors (Lipinski definition) is 3. The second-order valence-electron chi connectivity index (χ2n) is 5.21. The first-order chi connectivity index (χ1) is 10.1. The number of nitrogens with two attached hydrogens (primary N) is 1. The van der Waals surface area contributed by atoms with Gasteiger partial charge in [-0.15, -0.1) is 0 Å². The molecule has 0 aliphatic heterocycles. The molecule has 112 valence electrons. The quantitative estimate of drug-likeness (QED) is 0.885. The molecule has 2 rings (SSSR count). The minimum Gasteiger partial charge on any atom is -0.372 e. The van der Waals surface area contributed by atoms with Gasteiger partial charge in [-0.1, -0.05) is 17.7 Å². The number of anilines is 1. The average Bonchev–Trinajstić information content (AvgIpc) is 2.50. The molecule has 2 N–H and O–H groups in total. The molecule has 0 spiro atoms. The minimum atomic E-state index is -0.333. The molecule has 1 heterocycles. The van der Waals surface area contributed by atoms with Crippen molar-refractivity contribution < 1.29 is 4.39 Å². The van der Waals surface area contributed by atoms with Crippen molar-refractivity contribution in [2.75, 3.05) is 18.0 Å². The third-order valence-corrected chi connectivity index (χ3v) is 3.62. The minimum absolute atomic E-state index is 0.176. The summed E-state index contributed by atoms with van der Waals surface area (Å²) in [6, 6.07) is 11.4. The molecule has 0 saturated heterocycles. The van der Waals surface area contributed by atoms with E-state index in [9.17, 15) is 4.39 Å². The Bertz CT molecular complexity index is 551.